The highest BCUT2D eigenvalue weighted by atomic mass is 16.6. The number of aliphatic hydroxyl groups is 2. The zero-order valence-corrected chi connectivity index (χ0v) is 15.2. The Labute approximate surface area is 142 Å². The van der Waals surface area contributed by atoms with E-state index in [1.165, 1.54) is 20.8 Å². The van der Waals surface area contributed by atoms with Crippen LogP contribution in [0.1, 0.15) is 34.6 Å². The van der Waals surface area contributed by atoms with E-state index in [0.29, 0.717) is 13.2 Å². The van der Waals surface area contributed by atoms with Crippen molar-refractivity contribution in [3.63, 3.8) is 0 Å². The van der Waals surface area contributed by atoms with Gasteiger partial charge in [-0.1, -0.05) is 0 Å². The summed E-state index contributed by atoms with van der Waals surface area (Å²) in [5, 5.41) is 16.4. The van der Waals surface area contributed by atoms with Crippen molar-refractivity contribution in [2.24, 2.45) is 0 Å². The number of rotatable bonds is 7. The van der Waals surface area contributed by atoms with Crippen LogP contribution in [0.4, 0.5) is 0 Å². The SMILES string of the molecule is CC(=O)OCC(C)OC(C)=O.CCOC(=O)C(C)O.COCCO. The van der Waals surface area contributed by atoms with E-state index in [1.54, 1.807) is 21.0 Å². The summed E-state index contributed by atoms with van der Waals surface area (Å²) in [5.41, 5.74) is 0. The highest BCUT2D eigenvalue weighted by Crippen LogP contribution is 1.92. The zero-order chi connectivity index (χ0) is 19.5. The Morgan fingerprint density at radius 2 is 1.58 bits per heavy atom. The minimum absolute atomic E-state index is 0.120. The van der Waals surface area contributed by atoms with Crippen LogP contribution in [0.3, 0.4) is 0 Å². The molecule has 9 heteroatoms. The summed E-state index contributed by atoms with van der Waals surface area (Å²) in [4.78, 5) is 30.9. The monoisotopic (exact) mass is 354 g/mol. The molecule has 0 amide bonds. The van der Waals surface area contributed by atoms with Crippen LogP contribution in [0.15, 0.2) is 0 Å². The predicted octanol–water partition coefficient (Wildman–Crippen LogP) is 0.0565. The van der Waals surface area contributed by atoms with Crippen LogP contribution in [-0.4, -0.2) is 73.9 Å². The first kappa shape index (κ1) is 27.2. The molecule has 0 fully saturated rings. The van der Waals surface area contributed by atoms with Crippen LogP contribution < -0.4 is 0 Å². The number of carbonyl (C=O) groups excluding carboxylic acids is 3. The molecule has 0 saturated carbocycles. The molecule has 0 aromatic rings. The van der Waals surface area contributed by atoms with Crippen molar-refractivity contribution in [1.82, 2.24) is 0 Å². The van der Waals surface area contributed by atoms with Crippen LogP contribution >= 0.6 is 0 Å². The third-order valence-corrected chi connectivity index (χ3v) is 1.81. The number of hydrogen-bond acceptors (Lipinski definition) is 9. The average Bonchev–Trinajstić information content (AvgIpc) is 2.47. The van der Waals surface area contributed by atoms with Gasteiger partial charge in [0.2, 0.25) is 0 Å². The summed E-state index contributed by atoms with van der Waals surface area (Å²) in [7, 11) is 1.55. The lowest BCUT2D eigenvalue weighted by atomic mass is 10.4. The van der Waals surface area contributed by atoms with Gasteiger partial charge < -0.3 is 29.2 Å². The molecule has 0 aliphatic rings. The summed E-state index contributed by atoms with van der Waals surface area (Å²) >= 11 is 0. The van der Waals surface area contributed by atoms with Crippen molar-refractivity contribution < 1.29 is 43.5 Å². The van der Waals surface area contributed by atoms with Gasteiger partial charge in [-0.25, -0.2) is 4.79 Å². The summed E-state index contributed by atoms with van der Waals surface area (Å²) in [6.45, 7) is 8.35. The molecule has 144 valence electrons. The molecule has 0 bridgehead atoms. The van der Waals surface area contributed by atoms with Crippen LogP contribution in [0, 0.1) is 0 Å². The topological polar surface area (TPSA) is 129 Å². The average molecular weight is 354 g/mol. The van der Waals surface area contributed by atoms with Gasteiger partial charge in [-0.3, -0.25) is 9.59 Å². The number of aliphatic hydroxyl groups excluding tert-OH is 2. The molecule has 0 spiro atoms. The molecule has 0 heterocycles. The van der Waals surface area contributed by atoms with Gasteiger partial charge in [0.15, 0.2) is 0 Å². The second kappa shape index (κ2) is 19.3. The highest BCUT2D eigenvalue weighted by Gasteiger charge is 2.07. The van der Waals surface area contributed by atoms with Gasteiger partial charge in [0.25, 0.3) is 0 Å². The molecule has 0 rings (SSSR count). The fraction of sp³-hybridized carbons (Fsp3) is 0.800. The fourth-order valence-electron chi connectivity index (χ4n) is 0.906. The number of ether oxygens (including phenoxy) is 4. The zero-order valence-electron chi connectivity index (χ0n) is 15.2. The Morgan fingerprint density at radius 1 is 1.04 bits per heavy atom. The van der Waals surface area contributed by atoms with Crippen LogP contribution in [0.25, 0.3) is 0 Å². The summed E-state index contributed by atoms with van der Waals surface area (Å²) in [6.07, 6.45) is -1.36. The van der Waals surface area contributed by atoms with E-state index in [1.807, 2.05) is 0 Å². The van der Waals surface area contributed by atoms with E-state index in [0.717, 1.165) is 0 Å². The first-order valence-corrected chi connectivity index (χ1v) is 7.37. The molecule has 2 unspecified atom stereocenters. The minimum atomic E-state index is -0.991. The molecule has 24 heavy (non-hydrogen) atoms. The van der Waals surface area contributed by atoms with Gasteiger partial charge in [0.1, 0.15) is 18.8 Å². The van der Waals surface area contributed by atoms with Crippen LogP contribution in [0.2, 0.25) is 0 Å². The van der Waals surface area contributed by atoms with Gasteiger partial charge in [0, 0.05) is 21.0 Å². The van der Waals surface area contributed by atoms with E-state index in [-0.39, 0.29) is 31.3 Å². The molecule has 0 aliphatic heterocycles. The summed E-state index contributed by atoms with van der Waals surface area (Å²) in [5.74, 6) is -1.30. The predicted molar refractivity (Wildman–Crippen MR) is 85.1 cm³/mol. The quantitative estimate of drug-likeness (QED) is 0.481. The van der Waals surface area contributed by atoms with Crippen molar-refractivity contribution in [3.8, 4) is 0 Å². The van der Waals surface area contributed by atoms with Gasteiger partial charge in [-0.15, -0.1) is 0 Å². The molecule has 0 aliphatic carbocycles. The van der Waals surface area contributed by atoms with E-state index in [4.69, 9.17) is 10.2 Å². The third kappa shape index (κ3) is 28.5. The molecular weight excluding hydrogens is 324 g/mol. The number of esters is 3. The van der Waals surface area contributed by atoms with Crippen LogP contribution in [0.5, 0.6) is 0 Å². The summed E-state index contributed by atoms with van der Waals surface area (Å²) in [6, 6.07) is 0. The second-order valence-electron chi connectivity index (χ2n) is 4.37. The molecular formula is C15H30O9. The Hall–Kier alpha value is -1.71. The normalized spacial score (nSPS) is 11.5. The molecule has 2 atom stereocenters. The van der Waals surface area contributed by atoms with Crippen molar-refractivity contribution in [3.05, 3.63) is 0 Å². The second-order valence-corrected chi connectivity index (χ2v) is 4.37. The first-order chi connectivity index (χ1) is 11.1. The lowest BCUT2D eigenvalue weighted by Crippen LogP contribution is -2.19. The van der Waals surface area contributed by atoms with E-state index < -0.39 is 12.1 Å². The molecule has 0 aromatic carbocycles. The maximum atomic E-state index is 10.3. The van der Waals surface area contributed by atoms with Crippen molar-refractivity contribution in [1.29, 1.82) is 0 Å². The van der Waals surface area contributed by atoms with Crippen molar-refractivity contribution in [2.75, 3.05) is 33.5 Å². The molecule has 0 radical (unpaired) electrons. The molecule has 9 nitrogen and oxygen atoms in total. The Morgan fingerprint density at radius 3 is 1.79 bits per heavy atom. The van der Waals surface area contributed by atoms with Gasteiger partial charge in [-0.2, -0.15) is 0 Å². The fourth-order valence-corrected chi connectivity index (χ4v) is 0.906. The standard InChI is InChI=1S/C7H12O4.C5H10O3.C3H8O2/c1-5(11-7(3)9)4-10-6(2)8;1-3-8-5(7)4(2)6;1-5-3-2-4/h5H,4H2,1-3H3;4,6H,3H2,1-2H3;4H,2-3H2,1H3. The van der Waals surface area contributed by atoms with E-state index in [2.05, 4.69) is 18.9 Å². The van der Waals surface area contributed by atoms with Gasteiger partial charge >= 0.3 is 17.9 Å². The van der Waals surface area contributed by atoms with E-state index in [9.17, 15) is 14.4 Å². The first-order valence-electron chi connectivity index (χ1n) is 7.37. The maximum absolute atomic E-state index is 10.3. The van der Waals surface area contributed by atoms with Crippen molar-refractivity contribution >= 4 is 17.9 Å². The number of hydrogen-bond donors (Lipinski definition) is 2. The number of carbonyl (C=O) groups is 3. The van der Waals surface area contributed by atoms with Crippen molar-refractivity contribution in [2.45, 2.75) is 46.8 Å². The lowest BCUT2D eigenvalue weighted by Gasteiger charge is -2.10. The highest BCUT2D eigenvalue weighted by molar-refractivity contribution is 5.73. The number of methoxy groups -OCH3 is 1. The molecule has 0 saturated heterocycles. The largest absolute Gasteiger partial charge is 0.464 e. The van der Waals surface area contributed by atoms with Crippen LogP contribution in [-0.2, 0) is 33.3 Å². The smallest absolute Gasteiger partial charge is 0.334 e. The Kier molecular flexibility index (Phi) is 21.9. The minimum Gasteiger partial charge on any atom is -0.464 e. The molecule has 0 aromatic heterocycles. The maximum Gasteiger partial charge on any atom is 0.334 e. The molecule has 2 N–H and O–H groups in total. The Bertz CT molecular complexity index is 327. The van der Waals surface area contributed by atoms with Gasteiger partial charge in [0.05, 0.1) is 19.8 Å². The summed E-state index contributed by atoms with van der Waals surface area (Å²) < 4.78 is 18.1. The third-order valence-electron chi connectivity index (χ3n) is 1.81. The lowest BCUT2D eigenvalue weighted by molar-refractivity contribution is -0.155. The Balaban J connectivity index is -0.000000298. The van der Waals surface area contributed by atoms with Gasteiger partial charge in [-0.05, 0) is 20.8 Å². The van der Waals surface area contributed by atoms with E-state index >= 15 is 0 Å².